The number of ether oxygens (including phenoxy) is 2. The summed E-state index contributed by atoms with van der Waals surface area (Å²) in [6.45, 7) is 22.6. The zero-order chi connectivity index (χ0) is 29.8. The van der Waals surface area contributed by atoms with Crippen molar-refractivity contribution in [2.75, 3.05) is 13.7 Å². The fraction of sp³-hybridized carbons (Fsp3) is 0.750. The van der Waals surface area contributed by atoms with E-state index in [1.54, 1.807) is 7.11 Å². The Kier molecular flexibility index (Phi) is 15.5. The standard InChI is InChI=1S/C32H58O6Si/c1-23(2)11-15-27(33)19-29(35)20-28(34)16-12-24(3)31(25(4)21-38-39(9,10)32(5,6)7)37-22-26-13-17-30(36-8)18-14-26/h13-14,17-18,24-25,27-29,31,33-35H,1,11-12,15-16,19-22H2,2-10H3/t24-,25-,27+,28+,29+,31+/m1/s1. The molecule has 226 valence electrons. The molecule has 0 spiro atoms. The van der Waals surface area contributed by atoms with Crippen LogP contribution >= 0.6 is 0 Å². The number of aliphatic hydroxyl groups excluding tert-OH is 3. The van der Waals surface area contributed by atoms with Gasteiger partial charge in [0.1, 0.15) is 5.75 Å². The molecule has 7 heteroatoms. The lowest BCUT2D eigenvalue weighted by Crippen LogP contribution is -2.43. The molecule has 0 aliphatic heterocycles. The van der Waals surface area contributed by atoms with E-state index in [-0.39, 0.29) is 35.8 Å². The number of rotatable bonds is 19. The predicted octanol–water partition coefficient (Wildman–Crippen LogP) is 6.87. The summed E-state index contributed by atoms with van der Waals surface area (Å²) in [7, 11) is -0.230. The van der Waals surface area contributed by atoms with E-state index in [2.05, 4.69) is 54.3 Å². The first-order valence-corrected chi connectivity index (χ1v) is 17.5. The van der Waals surface area contributed by atoms with Gasteiger partial charge in [-0.25, -0.2) is 0 Å². The van der Waals surface area contributed by atoms with Crippen LogP contribution < -0.4 is 4.74 Å². The van der Waals surface area contributed by atoms with Crippen molar-refractivity contribution in [1.82, 2.24) is 0 Å². The Labute approximate surface area is 239 Å². The Morgan fingerprint density at radius 1 is 0.897 bits per heavy atom. The van der Waals surface area contributed by atoms with Crippen molar-refractivity contribution >= 4 is 8.32 Å². The summed E-state index contributed by atoms with van der Waals surface area (Å²) >= 11 is 0. The fourth-order valence-electron chi connectivity index (χ4n) is 4.45. The summed E-state index contributed by atoms with van der Waals surface area (Å²) < 4.78 is 18.3. The molecule has 0 aliphatic carbocycles. The second-order valence-corrected chi connectivity index (χ2v) is 18.0. The summed E-state index contributed by atoms with van der Waals surface area (Å²) in [6.07, 6.45) is 1.21. The average Bonchev–Trinajstić information content (AvgIpc) is 2.84. The predicted molar refractivity (Wildman–Crippen MR) is 164 cm³/mol. The van der Waals surface area contributed by atoms with Crippen LogP contribution in [0.2, 0.25) is 18.1 Å². The minimum atomic E-state index is -1.89. The van der Waals surface area contributed by atoms with E-state index in [0.717, 1.165) is 29.7 Å². The number of aliphatic hydroxyl groups is 3. The average molecular weight is 567 g/mol. The third-order valence-electron chi connectivity index (χ3n) is 8.18. The van der Waals surface area contributed by atoms with Crippen LogP contribution in [0.25, 0.3) is 0 Å². The summed E-state index contributed by atoms with van der Waals surface area (Å²) in [5.41, 5.74) is 2.10. The van der Waals surface area contributed by atoms with E-state index in [0.29, 0.717) is 26.1 Å². The minimum absolute atomic E-state index is 0.0436. The molecule has 0 aliphatic rings. The maximum absolute atomic E-state index is 10.6. The molecule has 6 nitrogen and oxygen atoms in total. The van der Waals surface area contributed by atoms with E-state index >= 15 is 0 Å². The highest BCUT2D eigenvalue weighted by atomic mass is 28.4. The van der Waals surface area contributed by atoms with Crippen molar-refractivity contribution in [1.29, 1.82) is 0 Å². The van der Waals surface area contributed by atoms with Crippen molar-refractivity contribution in [2.24, 2.45) is 11.8 Å². The van der Waals surface area contributed by atoms with Gasteiger partial charge in [0.25, 0.3) is 0 Å². The van der Waals surface area contributed by atoms with Crippen LogP contribution in [-0.2, 0) is 15.8 Å². The molecule has 0 radical (unpaired) electrons. The van der Waals surface area contributed by atoms with Crippen molar-refractivity contribution in [3.05, 3.63) is 42.0 Å². The Hall–Kier alpha value is -1.22. The van der Waals surface area contributed by atoms with Gasteiger partial charge < -0.3 is 29.2 Å². The van der Waals surface area contributed by atoms with E-state index in [9.17, 15) is 15.3 Å². The summed E-state index contributed by atoms with van der Waals surface area (Å²) in [5.74, 6) is 1.19. The van der Waals surface area contributed by atoms with Gasteiger partial charge in [0.05, 0.1) is 38.1 Å². The molecule has 0 fully saturated rings. The second kappa shape index (κ2) is 16.9. The normalized spacial score (nSPS) is 17.2. The van der Waals surface area contributed by atoms with Crippen LogP contribution in [0.4, 0.5) is 0 Å². The quantitative estimate of drug-likeness (QED) is 0.125. The lowest BCUT2D eigenvalue weighted by molar-refractivity contribution is -0.0456. The SMILES string of the molecule is C=C(C)CC[C@H](O)C[C@H](O)C[C@@H](O)CC[C@@H](C)[C@H](OCc1ccc(OC)cc1)[C@H](C)CO[Si](C)(C)C(C)(C)C. The monoisotopic (exact) mass is 566 g/mol. The maximum atomic E-state index is 10.6. The zero-order valence-corrected chi connectivity index (χ0v) is 27.2. The van der Waals surface area contributed by atoms with Crippen molar-refractivity contribution in [3.63, 3.8) is 0 Å². The highest BCUT2D eigenvalue weighted by Gasteiger charge is 2.38. The lowest BCUT2D eigenvalue weighted by atomic mass is 9.88. The molecule has 0 bridgehead atoms. The van der Waals surface area contributed by atoms with Gasteiger partial charge in [-0.1, -0.05) is 52.3 Å². The van der Waals surface area contributed by atoms with Crippen molar-refractivity contribution in [3.8, 4) is 5.75 Å². The van der Waals surface area contributed by atoms with E-state index < -0.39 is 26.6 Å². The number of methoxy groups -OCH3 is 1. The molecule has 39 heavy (non-hydrogen) atoms. The maximum Gasteiger partial charge on any atom is 0.191 e. The van der Waals surface area contributed by atoms with Gasteiger partial charge in [0.15, 0.2) is 8.32 Å². The summed E-state index contributed by atoms with van der Waals surface area (Å²) in [6, 6.07) is 7.93. The first kappa shape index (κ1) is 35.8. The molecule has 1 aromatic carbocycles. The molecular weight excluding hydrogens is 508 g/mol. The molecule has 3 N–H and O–H groups in total. The van der Waals surface area contributed by atoms with Crippen LogP contribution in [0.1, 0.15) is 85.6 Å². The summed E-state index contributed by atoms with van der Waals surface area (Å²) in [4.78, 5) is 0. The van der Waals surface area contributed by atoms with E-state index in [1.165, 1.54) is 0 Å². The molecule has 1 rings (SSSR count). The first-order valence-electron chi connectivity index (χ1n) is 14.6. The first-order chi connectivity index (χ1) is 18.1. The van der Waals surface area contributed by atoms with Gasteiger partial charge in [-0.3, -0.25) is 0 Å². The smallest absolute Gasteiger partial charge is 0.191 e. The third-order valence-corrected chi connectivity index (χ3v) is 12.7. The van der Waals surface area contributed by atoms with E-state index in [1.807, 2.05) is 31.2 Å². The van der Waals surface area contributed by atoms with Gasteiger partial charge in [-0.05, 0) is 87.2 Å². The van der Waals surface area contributed by atoms with Gasteiger partial charge in [0.2, 0.25) is 0 Å². The van der Waals surface area contributed by atoms with Gasteiger partial charge in [-0.15, -0.1) is 6.58 Å². The van der Waals surface area contributed by atoms with E-state index in [4.69, 9.17) is 13.9 Å². The topological polar surface area (TPSA) is 88.4 Å². The minimum Gasteiger partial charge on any atom is -0.497 e. The number of allylic oxidation sites excluding steroid dienone is 1. The van der Waals surface area contributed by atoms with Crippen LogP contribution in [0.5, 0.6) is 5.75 Å². The van der Waals surface area contributed by atoms with Gasteiger partial charge >= 0.3 is 0 Å². The van der Waals surface area contributed by atoms with Crippen molar-refractivity contribution in [2.45, 2.75) is 129 Å². The largest absolute Gasteiger partial charge is 0.497 e. The van der Waals surface area contributed by atoms with Crippen molar-refractivity contribution < 1.29 is 29.2 Å². The molecule has 6 atom stereocenters. The molecule has 0 unspecified atom stereocenters. The highest BCUT2D eigenvalue weighted by Crippen LogP contribution is 2.37. The van der Waals surface area contributed by atoms with Crippen LogP contribution in [0, 0.1) is 11.8 Å². The number of benzene rings is 1. The third kappa shape index (κ3) is 13.8. The second-order valence-electron chi connectivity index (χ2n) is 13.2. The zero-order valence-electron chi connectivity index (χ0n) is 26.2. The van der Waals surface area contributed by atoms with Crippen LogP contribution in [0.15, 0.2) is 36.4 Å². The molecule has 0 amide bonds. The molecule has 1 aromatic rings. The van der Waals surface area contributed by atoms with Crippen LogP contribution in [-0.4, -0.2) is 61.8 Å². The molecule has 0 heterocycles. The number of hydrogen-bond donors (Lipinski definition) is 3. The number of hydrogen-bond acceptors (Lipinski definition) is 6. The highest BCUT2D eigenvalue weighted by molar-refractivity contribution is 6.74. The lowest BCUT2D eigenvalue weighted by Gasteiger charge is -2.38. The van der Waals surface area contributed by atoms with Gasteiger partial charge in [0, 0.05) is 12.5 Å². The molecular formula is C32H58O6Si. The molecule has 0 aromatic heterocycles. The summed E-state index contributed by atoms with van der Waals surface area (Å²) in [5, 5.41) is 31.3. The Balaban J connectivity index is 2.76. The van der Waals surface area contributed by atoms with Gasteiger partial charge in [-0.2, -0.15) is 0 Å². The molecule has 0 saturated heterocycles. The van der Waals surface area contributed by atoms with Crippen LogP contribution in [0.3, 0.4) is 0 Å². The fourth-order valence-corrected chi connectivity index (χ4v) is 5.56. The molecule has 0 saturated carbocycles. The Bertz CT molecular complexity index is 819. The Morgan fingerprint density at radius 3 is 1.97 bits per heavy atom. The Morgan fingerprint density at radius 2 is 1.46 bits per heavy atom.